The summed E-state index contributed by atoms with van der Waals surface area (Å²) in [6, 6.07) is 15.8. The van der Waals surface area contributed by atoms with Crippen LogP contribution < -0.4 is 5.32 Å². The van der Waals surface area contributed by atoms with Gasteiger partial charge in [-0.3, -0.25) is 14.9 Å². The van der Waals surface area contributed by atoms with Gasteiger partial charge in [-0.1, -0.05) is 36.4 Å². The van der Waals surface area contributed by atoms with Crippen LogP contribution in [0.5, 0.6) is 0 Å². The van der Waals surface area contributed by atoms with Crippen LogP contribution >= 0.6 is 11.5 Å². The third-order valence-corrected chi connectivity index (χ3v) is 4.96. The quantitative estimate of drug-likeness (QED) is 0.535. The lowest BCUT2D eigenvalue weighted by molar-refractivity contribution is -0.116. The van der Waals surface area contributed by atoms with E-state index in [1.807, 2.05) is 42.5 Å². The summed E-state index contributed by atoms with van der Waals surface area (Å²) in [6.07, 6.45) is 0.156. The van der Waals surface area contributed by atoms with Crippen LogP contribution in [0.4, 0.5) is 5.13 Å². The Balaban J connectivity index is 1.57. The summed E-state index contributed by atoms with van der Waals surface area (Å²) in [5.41, 5.74) is 1.34. The number of amides is 1. The first-order chi connectivity index (χ1) is 13.5. The molecule has 1 amide bonds. The highest BCUT2D eigenvalue weighted by Gasteiger charge is 2.18. The Kier molecular flexibility index (Phi) is 4.75. The fourth-order valence-corrected chi connectivity index (χ4v) is 3.54. The Bertz CT molecular complexity index is 1190. The molecular formula is C21H17N3O3S. The number of hydrogen-bond donors (Lipinski definition) is 1. The molecule has 4 aromatic rings. The standard InChI is InChI=1S/C21H17N3O3S/c1-12(25)9-19-22-21(28-24-19)23-20(26)17-11-18(27-13(17)2)16-8-7-14-5-3-4-6-15(14)10-16/h3-8,10-11H,9H2,1-2H3,(H,22,23,24,26). The van der Waals surface area contributed by atoms with Gasteiger partial charge in [0.05, 0.1) is 12.0 Å². The third kappa shape index (κ3) is 3.70. The molecule has 4 rings (SSSR count). The number of fused-ring (bicyclic) bond motifs is 1. The lowest BCUT2D eigenvalue weighted by Gasteiger charge is -2.00. The van der Waals surface area contributed by atoms with Gasteiger partial charge in [0.1, 0.15) is 17.3 Å². The second-order valence-corrected chi connectivity index (χ2v) is 7.24. The molecule has 1 N–H and O–H groups in total. The molecule has 0 aliphatic carbocycles. The van der Waals surface area contributed by atoms with Gasteiger partial charge < -0.3 is 4.42 Å². The van der Waals surface area contributed by atoms with E-state index in [0.717, 1.165) is 27.9 Å². The zero-order valence-electron chi connectivity index (χ0n) is 15.4. The van der Waals surface area contributed by atoms with Crippen molar-refractivity contribution in [3.63, 3.8) is 0 Å². The first-order valence-electron chi connectivity index (χ1n) is 8.72. The summed E-state index contributed by atoms with van der Waals surface area (Å²) in [5.74, 6) is 1.21. The average molecular weight is 391 g/mol. The number of carbonyl (C=O) groups excluding carboxylic acids is 2. The highest BCUT2D eigenvalue weighted by atomic mass is 32.1. The summed E-state index contributed by atoms with van der Waals surface area (Å²) in [6.45, 7) is 3.23. The van der Waals surface area contributed by atoms with E-state index in [2.05, 4.69) is 14.7 Å². The fourth-order valence-electron chi connectivity index (χ4n) is 2.96. The van der Waals surface area contributed by atoms with Crippen LogP contribution in [0.15, 0.2) is 52.9 Å². The summed E-state index contributed by atoms with van der Waals surface area (Å²) < 4.78 is 9.91. The van der Waals surface area contributed by atoms with E-state index in [0.29, 0.717) is 28.0 Å². The summed E-state index contributed by atoms with van der Waals surface area (Å²) in [7, 11) is 0. The van der Waals surface area contributed by atoms with Gasteiger partial charge in [0.25, 0.3) is 5.91 Å². The number of aryl methyl sites for hydroxylation is 1. The average Bonchev–Trinajstić information content (AvgIpc) is 3.27. The van der Waals surface area contributed by atoms with Gasteiger partial charge >= 0.3 is 0 Å². The topological polar surface area (TPSA) is 85.1 Å². The van der Waals surface area contributed by atoms with Gasteiger partial charge in [0.2, 0.25) is 5.13 Å². The Labute approximate surface area is 165 Å². The molecule has 6 nitrogen and oxygen atoms in total. The van der Waals surface area contributed by atoms with Crippen LogP contribution in [-0.4, -0.2) is 21.0 Å². The minimum Gasteiger partial charge on any atom is -0.461 e. The number of Topliss-reactive ketones (excluding diaryl/α,β-unsaturated/α-hetero) is 1. The van der Waals surface area contributed by atoms with Gasteiger partial charge in [-0.25, -0.2) is 4.98 Å². The van der Waals surface area contributed by atoms with Gasteiger partial charge in [-0.2, -0.15) is 4.37 Å². The second-order valence-electron chi connectivity index (χ2n) is 6.49. The van der Waals surface area contributed by atoms with Crippen LogP contribution in [0, 0.1) is 6.92 Å². The molecule has 0 bridgehead atoms. The predicted molar refractivity (Wildman–Crippen MR) is 109 cm³/mol. The predicted octanol–water partition coefficient (Wildman–Crippen LogP) is 4.64. The lowest BCUT2D eigenvalue weighted by Crippen LogP contribution is -2.12. The minimum atomic E-state index is -0.321. The zero-order valence-corrected chi connectivity index (χ0v) is 16.2. The van der Waals surface area contributed by atoms with Crippen molar-refractivity contribution < 1.29 is 14.0 Å². The van der Waals surface area contributed by atoms with Gasteiger partial charge in [0.15, 0.2) is 5.82 Å². The lowest BCUT2D eigenvalue weighted by atomic mass is 10.1. The zero-order chi connectivity index (χ0) is 19.7. The van der Waals surface area contributed by atoms with Crippen LogP contribution in [0.3, 0.4) is 0 Å². The van der Waals surface area contributed by atoms with Crippen molar-refractivity contribution in [3.05, 3.63) is 65.7 Å². The maximum atomic E-state index is 12.6. The first-order valence-corrected chi connectivity index (χ1v) is 9.50. The first kappa shape index (κ1) is 18.1. The normalized spacial score (nSPS) is 10.9. The molecule has 0 aliphatic heterocycles. The number of carbonyl (C=O) groups is 2. The van der Waals surface area contributed by atoms with Crippen molar-refractivity contribution in [1.82, 2.24) is 9.36 Å². The highest BCUT2D eigenvalue weighted by Crippen LogP contribution is 2.29. The molecule has 28 heavy (non-hydrogen) atoms. The van der Waals surface area contributed by atoms with E-state index in [9.17, 15) is 9.59 Å². The largest absolute Gasteiger partial charge is 0.461 e. The number of hydrogen-bond acceptors (Lipinski definition) is 6. The number of anilines is 1. The number of benzene rings is 2. The van der Waals surface area contributed by atoms with E-state index in [1.54, 1.807) is 13.0 Å². The molecule has 0 spiro atoms. The molecule has 0 radical (unpaired) electrons. The van der Waals surface area contributed by atoms with Crippen LogP contribution in [0.2, 0.25) is 0 Å². The number of nitrogens with zero attached hydrogens (tertiary/aromatic N) is 2. The number of nitrogens with one attached hydrogen (secondary N) is 1. The Morgan fingerprint density at radius 3 is 2.68 bits per heavy atom. The minimum absolute atomic E-state index is 0.0265. The molecule has 7 heteroatoms. The van der Waals surface area contributed by atoms with E-state index >= 15 is 0 Å². The summed E-state index contributed by atoms with van der Waals surface area (Å²) in [4.78, 5) is 27.9. The Morgan fingerprint density at radius 1 is 1.11 bits per heavy atom. The van der Waals surface area contributed by atoms with E-state index in [4.69, 9.17) is 4.42 Å². The van der Waals surface area contributed by atoms with Crippen molar-refractivity contribution >= 4 is 39.1 Å². The van der Waals surface area contributed by atoms with Crippen molar-refractivity contribution in [2.75, 3.05) is 5.32 Å². The molecule has 140 valence electrons. The molecule has 2 aromatic heterocycles. The number of aromatic nitrogens is 2. The summed E-state index contributed by atoms with van der Waals surface area (Å²) >= 11 is 1.05. The number of rotatable bonds is 5. The molecule has 0 unspecified atom stereocenters. The highest BCUT2D eigenvalue weighted by molar-refractivity contribution is 7.09. The molecule has 2 heterocycles. The smallest absolute Gasteiger partial charge is 0.261 e. The third-order valence-electron chi connectivity index (χ3n) is 4.29. The van der Waals surface area contributed by atoms with Crippen molar-refractivity contribution in [3.8, 4) is 11.3 Å². The molecular weight excluding hydrogens is 374 g/mol. The van der Waals surface area contributed by atoms with Crippen LogP contribution in [0.25, 0.3) is 22.1 Å². The molecule has 0 atom stereocenters. The monoisotopic (exact) mass is 391 g/mol. The van der Waals surface area contributed by atoms with E-state index in [1.165, 1.54) is 6.92 Å². The molecule has 0 saturated heterocycles. The number of furan rings is 1. The SMILES string of the molecule is CC(=O)Cc1nsc(NC(=O)c2cc(-c3ccc4ccccc4c3)oc2C)n1. The van der Waals surface area contributed by atoms with E-state index in [-0.39, 0.29) is 18.1 Å². The molecule has 2 aromatic carbocycles. The Hall–Kier alpha value is -3.32. The van der Waals surface area contributed by atoms with Crippen LogP contribution in [-0.2, 0) is 11.2 Å². The second kappa shape index (κ2) is 7.36. The van der Waals surface area contributed by atoms with Gasteiger partial charge in [0, 0.05) is 17.1 Å². The van der Waals surface area contributed by atoms with E-state index < -0.39 is 0 Å². The Morgan fingerprint density at radius 2 is 1.89 bits per heavy atom. The molecule has 0 aliphatic rings. The fraction of sp³-hybridized carbons (Fsp3) is 0.143. The molecule has 0 fully saturated rings. The van der Waals surface area contributed by atoms with Gasteiger partial charge in [-0.05, 0) is 36.8 Å². The maximum absolute atomic E-state index is 12.6. The van der Waals surface area contributed by atoms with Gasteiger partial charge in [-0.15, -0.1) is 0 Å². The van der Waals surface area contributed by atoms with Crippen molar-refractivity contribution in [2.45, 2.75) is 20.3 Å². The maximum Gasteiger partial charge on any atom is 0.261 e. The molecule has 0 saturated carbocycles. The van der Waals surface area contributed by atoms with Crippen LogP contribution in [0.1, 0.15) is 28.9 Å². The van der Waals surface area contributed by atoms with Crippen molar-refractivity contribution in [1.29, 1.82) is 0 Å². The summed E-state index contributed by atoms with van der Waals surface area (Å²) in [5, 5.41) is 5.32. The van der Waals surface area contributed by atoms with Crippen molar-refractivity contribution in [2.24, 2.45) is 0 Å². The number of ketones is 1.